The fourth-order valence-corrected chi connectivity index (χ4v) is 4.28. The summed E-state index contributed by atoms with van der Waals surface area (Å²) in [7, 11) is 0. The Morgan fingerprint density at radius 3 is 2.69 bits per heavy atom. The molecule has 138 valence electrons. The molecule has 3 rings (SSSR count). The van der Waals surface area contributed by atoms with Crippen LogP contribution in [0.3, 0.4) is 0 Å². The molecule has 26 heavy (non-hydrogen) atoms. The summed E-state index contributed by atoms with van der Waals surface area (Å²) < 4.78 is 4.21. The zero-order chi connectivity index (χ0) is 18.7. The highest BCUT2D eigenvalue weighted by Gasteiger charge is 2.56. The Bertz CT molecular complexity index is 734. The van der Waals surface area contributed by atoms with E-state index in [4.69, 9.17) is 29.2 Å². The number of thiocarbonyl (C=S) groups is 2. The van der Waals surface area contributed by atoms with Crippen molar-refractivity contribution in [3.63, 3.8) is 0 Å². The molecule has 0 radical (unpaired) electrons. The highest BCUT2D eigenvalue weighted by atomic mass is 32.1. The number of nitrogens with zero attached hydrogens (tertiary/aromatic N) is 1. The van der Waals surface area contributed by atoms with E-state index in [9.17, 15) is 14.8 Å². The molecule has 0 spiro atoms. The number of amides is 1. The number of likely N-dealkylation sites (tertiary alicyclic amines) is 1. The van der Waals surface area contributed by atoms with Crippen molar-refractivity contribution in [2.45, 2.75) is 38.0 Å². The van der Waals surface area contributed by atoms with Crippen molar-refractivity contribution in [1.29, 1.82) is 0 Å². The van der Waals surface area contributed by atoms with Crippen LogP contribution < -0.4 is 5.32 Å². The van der Waals surface area contributed by atoms with E-state index < -0.39 is 16.8 Å². The molecule has 3 atom stereocenters. The molecule has 2 heterocycles. The van der Waals surface area contributed by atoms with Crippen molar-refractivity contribution in [2.75, 3.05) is 13.1 Å². The van der Waals surface area contributed by atoms with E-state index in [2.05, 4.69) is 5.32 Å². The topological polar surface area (TPSA) is 75.6 Å². The lowest BCUT2D eigenvalue weighted by Crippen LogP contribution is -2.60. The Balaban J connectivity index is 1.73. The number of benzene rings is 1. The molecule has 1 aromatic rings. The van der Waals surface area contributed by atoms with Crippen LogP contribution in [0.4, 0.5) is 4.79 Å². The molecule has 0 aromatic heterocycles. The van der Waals surface area contributed by atoms with E-state index in [-0.39, 0.29) is 29.8 Å². The standard InChI is InChI=1S/C18H21N2O4S2/c21-16(13-7-4-9-19-13)17(26)15-14(25)8-10-20(15,23)18(22)24-11-12-5-2-1-3-6-12/h1-3,5-6,13,15,19,23H,4,7-11H2/q+1/t13-,15-,20?/m0/s1. The highest BCUT2D eigenvalue weighted by Crippen LogP contribution is 2.27. The lowest BCUT2D eigenvalue weighted by atomic mass is 10.0. The molecule has 2 aliphatic rings. The average molecular weight is 394 g/mol. The van der Waals surface area contributed by atoms with Gasteiger partial charge in [0.1, 0.15) is 18.0 Å². The van der Waals surface area contributed by atoms with Gasteiger partial charge in [-0.05, 0) is 24.9 Å². The molecule has 6 nitrogen and oxygen atoms in total. The van der Waals surface area contributed by atoms with E-state index in [0.29, 0.717) is 17.7 Å². The first-order valence-electron chi connectivity index (χ1n) is 8.59. The van der Waals surface area contributed by atoms with Gasteiger partial charge in [0.05, 0.1) is 10.9 Å². The third-order valence-corrected chi connectivity index (χ3v) is 5.67. The Morgan fingerprint density at radius 1 is 1.31 bits per heavy atom. The first-order chi connectivity index (χ1) is 12.4. The Morgan fingerprint density at radius 2 is 2.04 bits per heavy atom. The zero-order valence-electron chi connectivity index (χ0n) is 14.2. The molecular weight excluding hydrogens is 372 g/mol. The van der Waals surface area contributed by atoms with Gasteiger partial charge in [0.15, 0.2) is 5.78 Å². The summed E-state index contributed by atoms with van der Waals surface area (Å²) in [5.41, 5.74) is 0.805. The van der Waals surface area contributed by atoms with Gasteiger partial charge in [0.25, 0.3) is 0 Å². The quantitative estimate of drug-likeness (QED) is 0.452. The molecule has 2 N–H and O–H groups in total. The van der Waals surface area contributed by atoms with Crippen molar-refractivity contribution in [3.8, 4) is 0 Å². The smallest absolute Gasteiger partial charge is 0.413 e. The van der Waals surface area contributed by atoms with Gasteiger partial charge in [-0.3, -0.25) is 4.79 Å². The SMILES string of the molecule is O=C(C(=S)[C@@H]1C(=S)CC[N+]1(O)C(=O)OCc1ccccc1)[C@@H]1CCCN1. The molecular formula is C18H21N2O4S2+. The Labute approximate surface area is 162 Å². The normalized spacial score (nSPS) is 28.1. The Kier molecular flexibility index (Phi) is 5.89. The molecule has 1 unspecified atom stereocenters. The molecule has 2 fully saturated rings. The summed E-state index contributed by atoms with van der Waals surface area (Å²) in [5.74, 6) is -0.265. The van der Waals surface area contributed by atoms with Crippen LogP contribution in [0.25, 0.3) is 0 Å². The van der Waals surface area contributed by atoms with E-state index in [1.807, 2.05) is 30.3 Å². The average Bonchev–Trinajstić information content (AvgIpc) is 3.28. The first kappa shape index (κ1) is 19.2. The summed E-state index contributed by atoms with van der Waals surface area (Å²) in [6, 6.07) is 7.81. The van der Waals surface area contributed by atoms with Gasteiger partial charge in [-0.25, -0.2) is 5.21 Å². The largest absolute Gasteiger partial charge is 0.550 e. The summed E-state index contributed by atoms with van der Waals surface area (Å²) in [6.07, 6.45) is 1.09. The first-order valence-corrected chi connectivity index (χ1v) is 9.41. The van der Waals surface area contributed by atoms with Gasteiger partial charge in [-0.15, -0.1) is 0 Å². The third kappa shape index (κ3) is 3.74. The number of nitrogens with one attached hydrogen (secondary N) is 1. The van der Waals surface area contributed by atoms with Gasteiger partial charge in [-0.1, -0.05) is 59.4 Å². The molecule has 0 bridgehead atoms. The minimum absolute atomic E-state index is 0.00561. The monoisotopic (exact) mass is 393 g/mol. The van der Waals surface area contributed by atoms with Crippen LogP contribution in [0.1, 0.15) is 24.8 Å². The molecule has 8 heteroatoms. The maximum Gasteiger partial charge on any atom is 0.550 e. The van der Waals surface area contributed by atoms with Crippen LogP contribution in [-0.2, 0) is 16.1 Å². The number of hydrogen-bond donors (Lipinski definition) is 2. The van der Waals surface area contributed by atoms with Crippen molar-refractivity contribution in [1.82, 2.24) is 5.32 Å². The molecule has 2 saturated heterocycles. The summed E-state index contributed by atoms with van der Waals surface area (Å²) in [6.45, 7) is 0.847. The van der Waals surface area contributed by atoms with Gasteiger partial charge >= 0.3 is 6.09 Å². The highest BCUT2D eigenvalue weighted by molar-refractivity contribution is 7.83. The van der Waals surface area contributed by atoms with E-state index in [1.165, 1.54) is 0 Å². The minimum atomic E-state index is -1.08. The van der Waals surface area contributed by atoms with Gasteiger partial charge in [0.2, 0.25) is 6.04 Å². The minimum Gasteiger partial charge on any atom is -0.413 e. The molecule has 1 amide bonds. The van der Waals surface area contributed by atoms with Crippen LogP contribution in [0.15, 0.2) is 30.3 Å². The molecule has 0 saturated carbocycles. The maximum absolute atomic E-state index is 12.6. The van der Waals surface area contributed by atoms with Crippen LogP contribution in [0.5, 0.6) is 0 Å². The molecule has 0 aliphatic carbocycles. The van der Waals surface area contributed by atoms with Gasteiger partial charge in [-0.2, -0.15) is 4.79 Å². The number of ketones is 1. The Hall–Kier alpha value is -1.58. The van der Waals surface area contributed by atoms with Crippen molar-refractivity contribution in [3.05, 3.63) is 35.9 Å². The number of ether oxygens (including phenoxy) is 1. The summed E-state index contributed by atoms with van der Waals surface area (Å²) in [4.78, 5) is 25.7. The van der Waals surface area contributed by atoms with Crippen LogP contribution in [0.2, 0.25) is 0 Å². The molecule has 2 aliphatic heterocycles. The van der Waals surface area contributed by atoms with Gasteiger partial charge in [0, 0.05) is 6.42 Å². The van der Waals surface area contributed by atoms with Crippen molar-refractivity contribution >= 4 is 46.0 Å². The van der Waals surface area contributed by atoms with E-state index >= 15 is 0 Å². The number of carbonyl (C=O) groups is 2. The van der Waals surface area contributed by atoms with Crippen LogP contribution in [-0.4, -0.2) is 56.6 Å². The second kappa shape index (κ2) is 7.98. The van der Waals surface area contributed by atoms with E-state index in [0.717, 1.165) is 18.5 Å². The number of rotatable bonds is 5. The zero-order valence-corrected chi connectivity index (χ0v) is 15.9. The molecule has 1 aromatic carbocycles. The fourth-order valence-electron chi connectivity index (χ4n) is 3.37. The lowest BCUT2D eigenvalue weighted by molar-refractivity contribution is -1.04. The maximum atomic E-state index is 12.6. The number of hydroxylamine groups is 3. The van der Waals surface area contributed by atoms with Crippen molar-refractivity contribution in [2.24, 2.45) is 0 Å². The van der Waals surface area contributed by atoms with E-state index in [1.54, 1.807) is 0 Å². The lowest BCUT2D eigenvalue weighted by Gasteiger charge is -2.28. The second-order valence-corrected chi connectivity index (χ2v) is 7.55. The number of quaternary nitrogens is 1. The third-order valence-electron chi connectivity index (χ3n) is 4.82. The predicted molar refractivity (Wildman–Crippen MR) is 103 cm³/mol. The summed E-state index contributed by atoms with van der Waals surface area (Å²) >= 11 is 10.6. The van der Waals surface area contributed by atoms with Crippen molar-refractivity contribution < 1.29 is 24.2 Å². The van der Waals surface area contributed by atoms with Gasteiger partial charge < -0.3 is 10.1 Å². The number of hydrogen-bond acceptors (Lipinski definition) is 7. The number of carbonyl (C=O) groups excluding carboxylic acids is 2. The second-order valence-electron chi connectivity index (χ2n) is 6.59. The summed E-state index contributed by atoms with van der Waals surface area (Å²) in [5, 5.41) is 14.0. The van der Waals surface area contributed by atoms with Crippen LogP contribution in [0, 0.1) is 0 Å². The van der Waals surface area contributed by atoms with Crippen LogP contribution >= 0.6 is 24.4 Å². The predicted octanol–water partition coefficient (Wildman–Crippen LogP) is 2.36. The number of Topliss-reactive ketones (excluding diaryl/α,β-unsaturated/α-hetero) is 1. The fraction of sp³-hybridized carbons (Fsp3) is 0.444.